The highest BCUT2D eigenvalue weighted by Gasteiger charge is 2.21. The number of aromatic nitrogens is 2. The van der Waals surface area contributed by atoms with Gasteiger partial charge in [0.25, 0.3) is 5.91 Å². The van der Waals surface area contributed by atoms with E-state index in [0.717, 1.165) is 37.0 Å². The van der Waals surface area contributed by atoms with Crippen LogP contribution >= 0.6 is 22.6 Å². The number of hydrogen-bond acceptors (Lipinski definition) is 4. The smallest absolute Gasteiger partial charge is 0.257 e. The van der Waals surface area contributed by atoms with Gasteiger partial charge in [0.2, 0.25) is 0 Å². The summed E-state index contributed by atoms with van der Waals surface area (Å²) in [6.07, 6.45) is 2.19. The number of rotatable bonds is 3. The monoisotopic (exact) mass is 462 g/mol. The lowest BCUT2D eigenvalue weighted by Crippen LogP contribution is -2.23. The van der Waals surface area contributed by atoms with Crippen molar-refractivity contribution in [1.29, 1.82) is 0 Å². The number of nitrogens with zero attached hydrogens (tertiary/aromatic N) is 3. The molecule has 7 heteroatoms. The number of benzene rings is 2. The first kappa shape index (κ1) is 17.1. The molecule has 132 valence electrons. The number of amides is 1. The number of carbonyl (C=O) groups is 1. The van der Waals surface area contributed by atoms with Gasteiger partial charge in [-0.25, -0.2) is 14.4 Å². The number of para-hydroxylation sites is 2. The second kappa shape index (κ2) is 7.14. The predicted molar refractivity (Wildman–Crippen MR) is 108 cm³/mol. The van der Waals surface area contributed by atoms with Crippen molar-refractivity contribution in [3.63, 3.8) is 0 Å². The average molecular weight is 462 g/mol. The highest BCUT2D eigenvalue weighted by atomic mass is 127. The molecule has 1 saturated heterocycles. The number of hydrogen-bond donors (Lipinski definition) is 1. The minimum atomic E-state index is -0.366. The van der Waals surface area contributed by atoms with E-state index in [9.17, 15) is 9.18 Å². The molecule has 4 rings (SSSR count). The summed E-state index contributed by atoms with van der Waals surface area (Å²) >= 11 is 1.96. The molecule has 1 amide bonds. The van der Waals surface area contributed by atoms with Gasteiger partial charge in [0.1, 0.15) is 5.82 Å². The highest BCUT2D eigenvalue weighted by molar-refractivity contribution is 14.1. The number of nitrogens with one attached hydrogen (secondary N) is 1. The minimum Gasteiger partial charge on any atom is -0.354 e. The second-order valence-electron chi connectivity index (χ2n) is 6.16. The number of halogens is 2. The summed E-state index contributed by atoms with van der Waals surface area (Å²) in [5.74, 6) is 0.441. The van der Waals surface area contributed by atoms with E-state index < -0.39 is 0 Å². The average Bonchev–Trinajstić information content (AvgIpc) is 3.15. The van der Waals surface area contributed by atoms with Gasteiger partial charge >= 0.3 is 0 Å². The van der Waals surface area contributed by atoms with E-state index >= 15 is 0 Å². The maximum atomic E-state index is 13.3. The summed E-state index contributed by atoms with van der Waals surface area (Å²) in [4.78, 5) is 24.2. The van der Waals surface area contributed by atoms with Crippen LogP contribution in [0.3, 0.4) is 0 Å². The number of anilines is 2. The van der Waals surface area contributed by atoms with Crippen LogP contribution in [0.15, 0.2) is 42.5 Å². The maximum absolute atomic E-state index is 13.3. The molecule has 0 saturated carbocycles. The molecule has 0 unspecified atom stereocenters. The molecule has 0 radical (unpaired) electrons. The van der Waals surface area contributed by atoms with Gasteiger partial charge in [-0.1, -0.05) is 12.1 Å². The van der Waals surface area contributed by atoms with Crippen LogP contribution in [-0.4, -0.2) is 29.0 Å². The van der Waals surface area contributed by atoms with Crippen LogP contribution in [0.2, 0.25) is 0 Å². The van der Waals surface area contributed by atoms with E-state index in [0.29, 0.717) is 20.8 Å². The van der Waals surface area contributed by atoms with Crippen molar-refractivity contribution in [2.75, 3.05) is 23.3 Å². The Bertz CT molecular complexity index is 988. The molecular weight excluding hydrogens is 446 g/mol. The third-order valence-electron chi connectivity index (χ3n) is 4.37. The summed E-state index contributed by atoms with van der Waals surface area (Å²) in [5.41, 5.74) is 1.93. The lowest BCUT2D eigenvalue weighted by molar-refractivity contribution is 0.102. The first-order valence-corrected chi connectivity index (χ1v) is 9.48. The van der Waals surface area contributed by atoms with Gasteiger partial charge in [-0.15, -0.1) is 0 Å². The molecule has 2 heterocycles. The van der Waals surface area contributed by atoms with E-state index in [1.165, 1.54) is 18.2 Å². The quantitative estimate of drug-likeness (QED) is 0.593. The molecule has 1 aliphatic heterocycles. The minimum absolute atomic E-state index is 0.320. The zero-order chi connectivity index (χ0) is 18.1. The summed E-state index contributed by atoms with van der Waals surface area (Å²) in [6.45, 7) is 1.79. The van der Waals surface area contributed by atoms with Crippen LogP contribution in [0, 0.1) is 9.39 Å². The van der Waals surface area contributed by atoms with E-state index in [-0.39, 0.29) is 11.7 Å². The van der Waals surface area contributed by atoms with Crippen LogP contribution in [-0.2, 0) is 0 Å². The fraction of sp³-hybridized carbons (Fsp3) is 0.211. The van der Waals surface area contributed by atoms with Crippen LogP contribution in [0.5, 0.6) is 0 Å². The molecule has 2 aromatic carbocycles. The Labute approximate surface area is 163 Å². The summed E-state index contributed by atoms with van der Waals surface area (Å²) in [5, 5.41) is 2.87. The fourth-order valence-electron chi connectivity index (χ4n) is 3.07. The first-order chi connectivity index (χ1) is 12.6. The maximum Gasteiger partial charge on any atom is 0.257 e. The third-order valence-corrected chi connectivity index (χ3v) is 5.26. The Hall–Kier alpha value is -2.29. The molecule has 0 spiro atoms. The molecule has 0 aliphatic carbocycles. The molecule has 1 fully saturated rings. The van der Waals surface area contributed by atoms with Crippen molar-refractivity contribution in [3.8, 4) is 0 Å². The molecule has 0 bridgehead atoms. The molecule has 3 aromatic rings. The van der Waals surface area contributed by atoms with E-state index in [1.54, 1.807) is 0 Å². The Kier molecular flexibility index (Phi) is 4.71. The lowest BCUT2D eigenvalue weighted by Gasteiger charge is -2.20. The van der Waals surface area contributed by atoms with Gasteiger partial charge in [0.15, 0.2) is 11.6 Å². The Morgan fingerprint density at radius 2 is 1.77 bits per heavy atom. The van der Waals surface area contributed by atoms with Gasteiger partial charge in [-0.3, -0.25) is 4.79 Å². The first-order valence-electron chi connectivity index (χ1n) is 8.40. The summed E-state index contributed by atoms with van der Waals surface area (Å²) in [6, 6.07) is 11.7. The summed E-state index contributed by atoms with van der Waals surface area (Å²) in [7, 11) is 0. The molecule has 1 aliphatic rings. The van der Waals surface area contributed by atoms with E-state index in [4.69, 9.17) is 4.98 Å². The highest BCUT2D eigenvalue weighted by Crippen LogP contribution is 2.28. The topological polar surface area (TPSA) is 58.1 Å². The van der Waals surface area contributed by atoms with Crippen molar-refractivity contribution in [2.24, 2.45) is 0 Å². The SMILES string of the molecule is O=C(Nc1nc2ccccc2nc1N1CCCC1)c1ccc(F)cc1I. The van der Waals surface area contributed by atoms with Crippen molar-refractivity contribution < 1.29 is 9.18 Å². The van der Waals surface area contributed by atoms with Gasteiger partial charge in [-0.2, -0.15) is 0 Å². The van der Waals surface area contributed by atoms with Crippen LogP contribution < -0.4 is 10.2 Å². The van der Waals surface area contributed by atoms with Crippen molar-refractivity contribution in [2.45, 2.75) is 12.8 Å². The molecule has 1 N–H and O–H groups in total. The standard InChI is InChI=1S/C19H16FIN4O/c20-12-7-8-13(14(21)11-12)19(26)24-17-18(25-9-3-4-10-25)23-16-6-2-1-5-15(16)22-17/h1-2,5-8,11H,3-4,9-10H2,(H,22,24,26). The van der Waals surface area contributed by atoms with Crippen molar-refractivity contribution in [1.82, 2.24) is 9.97 Å². The zero-order valence-electron chi connectivity index (χ0n) is 13.9. The molecule has 26 heavy (non-hydrogen) atoms. The lowest BCUT2D eigenvalue weighted by atomic mass is 10.2. The molecule has 0 atom stereocenters. The molecule has 1 aromatic heterocycles. The van der Waals surface area contributed by atoms with Crippen LogP contribution in [0.1, 0.15) is 23.2 Å². The van der Waals surface area contributed by atoms with Crippen molar-refractivity contribution >= 4 is 51.2 Å². The van der Waals surface area contributed by atoms with Gasteiger partial charge in [0, 0.05) is 16.7 Å². The third kappa shape index (κ3) is 3.35. The number of fused-ring (bicyclic) bond motifs is 1. The van der Waals surface area contributed by atoms with Gasteiger partial charge in [-0.05, 0) is 65.8 Å². The fourth-order valence-corrected chi connectivity index (χ4v) is 3.79. The molecule has 5 nitrogen and oxygen atoms in total. The normalized spacial score (nSPS) is 14.0. The Morgan fingerprint density at radius 3 is 2.46 bits per heavy atom. The van der Waals surface area contributed by atoms with E-state index in [2.05, 4.69) is 15.2 Å². The van der Waals surface area contributed by atoms with Crippen molar-refractivity contribution in [3.05, 3.63) is 57.4 Å². The number of carbonyl (C=O) groups excluding carboxylic acids is 1. The van der Waals surface area contributed by atoms with Crippen LogP contribution in [0.25, 0.3) is 11.0 Å². The van der Waals surface area contributed by atoms with Gasteiger partial charge in [0.05, 0.1) is 16.6 Å². The Balaban J connectivity index is 1.74. The predicted octanol–water partition coefficient (Wildman–Crippen LogP) is 4.23. The summed E-state index contributed by atoms with van der Waals surface area (Å²) < 4.78 is 13.9. The van der Waals surface area contributed by atoms with Gasteiger partial charge < -0.3 is 10.2 Å². The largest absolute Gasteiger partial charge is 0.354 e. The van der Waals surface area contributed by atoms with E-state index in [1.807, 2.05) is 46.9 Å². The zero-order valence-corrected chi connectivity index (χ0v) is 16.0. The molecular formula is C19H16FIN4O. The Morgan fingerprint density at radius 1 is 1.08 bits per heavy atom. The van der Waals surface area contributed by atoms with Crippen LogP contribution in [0.4, 0.5) is 16.0 Å². The second-order valence-corrected chi connectivity index (χ2v) is 7.32.